The number of carbonyl (C=O) groups is 3. The van der Waals surface area contributed by atoms with Gasteiger partial charge in [0.1, 0.15) is 0 Å². The molecule has 0 aliphatic heterocycles. The van der Waals surface area contributed by atoms with Crippen LogP contribution in [-0.4, -0.2) is 54.8 Å². The van der Waals surface area contributed by atoms with Crippen molar-refractivity contribution in [1.29, 1.82) is 0 Å². The number of carboxylic acids is 1. The van der Waals surface area contributed by atoms with Crippen LogP contribution in [0.5, 0.6) is 0 Å². The minimum absolute atomic E-state index is 0.0438. The molecule has 0 atom stereocenters. The molecule has 4 N–H and O–H groups in total. The first-order valence-corrected chi connectivity index (χ1v) is 6.03. The minimum atomic E-state index is -1.26. The normalized spacial score (nSPS) is 9.76. The van der Waals surface area contributed by atoms with Crippen molar-refractivity contribution >= 4 is 23.6 Å². The van der Waals surface area contributed by atoms with Crippen molar-refractivity contribution in [2.75, 3.05) is 32.1 Å². The van der Waals surface area contributed by atoms with E-state index in [1.807, 2.05) is 0 Å². The number of urea groups is 1. The van der Waals surface area contributed by atoms with Gasteiger partial charge in [-0.15, -0.1) is 0 Å². The van der Waals surface area contributed by atoms with Gasteiger partial charge in [-0.3, -0.25) is 4.79 Å². The highest BCUT2D eigenvalue weighted by Gasteiger charge is 2.13. The molecule has 0 spiro atoms. The molecular weight excluding hydrogens is 280 g/mol. The van der Waals surface area contributed by atoms with E-state index in [0.29, 0.717) is 13.2 Å². The summed E-state index contributed by atoms with van der Waals surface area (Å²) in [6, 6.07) is 2.18. The van der Waals surface area contributed by atoms with Crippen LogP contribution in [0.1, 0.15) is 10.5 Å². The fraction of sp³-hybridized carbons (Fsp3) is 0.333. The number of aromatic carboxylic acids is 1. The maximum absolute atomic E-state index is 11.6. The molecule has 9 heteroatoms. The third-order valence-electron chi connectivity index (χ3n) is 2.30. The molecule has 1 heterocycles. The Morgan fingerprint density at radius 2 is 2.10 bits per heavy atom. The molecule has 0 aliphatic rings. The van der Waals surface area contributed by atoms with Gasteiger partial charge in [0.2, 0.25) is 5.91 Å². The van der Waals surface area contributed by atoms with Gasteiger partial charge < -0.3 is 25.8 Å². The van der Waals surface area contributed by atoms with E-state index in [-0.39, 0.29) is 23.8 Å². The molecule has 1 aromatic heterocycles. The molecule has 0 radical (unpaired) electrons. The Hall–Kier alpha value is -2.68. The van der Waals surface area contributed by atoms with Gasteiger partial charge in [0.15, 0.2) is 5.69 Å². The van der Waals surface area contributed by atoms with E-state index < -0.39 is 12.0 Å². The SMILES string of the molecule is COCCNC(=O)CNC(=O)Nc1cccnc1C(=O)O. The molecule has 0 bridgehead atoms. The highest BCUT2D eigenvalue weighted by molar-refractivity contribution is 5.99. The zero-order chi connectivity index (χ0) is 15.7. The second kappa shape index (κ2) is 8.48. The van der Waals surface area contributed by atoms with Gasteiger partial charge in [-0.05, 0) is 12.1 Å². The molecule has 0 unspecified atom stereocenters. The quantitative estimate of drug-likeness (QED) is 0.509. The van der Waals surface area contributed by atoms with Crippen molar-refractivity contribution in [2.45, 2.75) is 0 Å². The van der Waals surface area contributed by atoms with E-state index in [1.54, 1.807) is 0 Å². The number of pyridine rings is 1. The molecule has 1 aromatic rings. The van der Waals surface area contributed by atoms with Gasteiger partial charge in [0.25, 0.3) is 0 Å². The summed E-state index contributed by atoms with van der Waals surface area (Å²) in [5, 5.41) is 16.0. The molecule has 0 fully saturated rings. The molecule has 0 saturated carbocycles. The summed E-state index contributed by atoms with van der Waals surface area (Å²) in [6.07, 6.45) is 1.30. The largest absolute Gasteiger partial charge is 0.476 e. The summed E-state index contributed by atoms with van der Waals surface area (Å²) in [4.78, 5) is 37.5. The van der Waals surface area contributed by atoms with E-state index >= 15 is 0 Å². The van der Waals surface area contributed by atoms with Gasteiger partial charge in [-0.2, -0.15) is 0 Å². The van der Waals surface area contributed by atoms with Crippen molar-refractivity contribution in [3.63, 3.8) is 0 Å². The molecule has 1 rings (SSSR count). The molecule has 21 heavy (non-hydrogen) atoms. The number of amides is 3. The van der Waals surface area contributed by atoms with Crippen LogP contribution >= 0.6 is 0 Å². The summed E-state index contributed by atoms with van der Waals surface area (Å²) >= 11 is 0. The zero-order valence-corrected chi connectivity index (χ0v) is 11.4. The number of hydrogen-bond donors (Lipinski definition) is 4. The van der Waals surface area contributed by atoms with Crippen LogP contribution in [0.25, 0.3) is 0 Å². The summed E-state index contributed by atoms with van der Waals surface area (Å²) in [5.41, 5.74) is -0.237. The highest BCUT2D eigenvalue weighted by Crippen LogP contribution is 2.11. The van der Waals surface area contributed by atoms with Gasteiger partial charge in [-0.25, -0.2) is 14.6 Å². The monoisotopic (exact) mass is 296 g/mol. The van der Waals surface area contributed by atoms with Crippen LogP contribution in [0.4, 0.5) is 10.5 Å². The van der Waals surface area contributed by atoms with Gasteiger partial charge in [0.05, 0.1) is 18.8 Å². The molecule has 0 aromatic carbocycles. The summed E-state index contributed by atoms with van der Waals surface area (Å²) in [7, 11) is 1.51. The number of aromatic nitrogens is 1. The zero-order valence-electron chi connectivity index (χ0n) is 11.4. The lowest BCUT2D eigenvalue weighted by Crippen LogP contribution is -2.40. The van der Waals surface area contributed by atoms with E-state index in [0.717, 1.165) is 0 Å². The third kappa shape index (κ3) is 5.87. The maximum atomic E-state index is 11.6. The Morgan fingerprint density at radius 3 is 2.76 bits per heavy atom. The molecule has 0 aliphatic carbocycles. The Bertz CT molecular complexity index is 520. The number of carbonyl (C=O) groups excluding carboxylic acids is 2. The predicted octanol–water partition coefficient (Wildman–Crippen LogP) is -0.336. The van der Waals surface area contributed by atoms with Gasteiger partial charge in [-0.1, -0.05) is 0 Å². The molecule has 114 valence electrons. The lowest BCUT2D eigenvalue weighted by Gasteiger charge is -2.09. The topological polar surface area (TPSA) is 130 Å². The highest BCUT2D eigenvalue weighted by atomic mass is 16.5. The van der Waals surface area contributed by atoms with Crippen LogP contribution in [0, 0.1) is 0 Å². The minimum Gasteiger partial charge on any atom is -0.476 e. The Balaban J connectivity index is 2.44. The first kappa shape index (κ1) is 16.4. The number of ether oxygens (including phenoxy) is 1. The second-order valence-corrected chi connectivity index (χ2v) is 3.86. The van der Waals surface area contributed by atoms with Crippen LogP contribution in [0.3, 0.4) is 0 Å². The summed E-state index contributed by atoms with van der Waals surface area (Å²) in [5.74, 6) is -1.64. The van der Waals surface area contributed by atoms with E-state index in [2.05, 4.69) is 20.9 Å². The van der Waals surface area contributed by atoms with Crippen molar-refractivity contribution in [1.82, 2.24) is 15.6 Å². The van der Waals surface area contributed by atoms with Crippen molar-refractivity contribution in [2.24, 2.45) is 0 Å². The molecular formula is C12H16N4O5. The fourth-order valence-corrected chi connectivity index (χ4v) is 1.36. The van der Waals surface area contributed by atoms with Gasteiger partial charge >= 0.3 is 12.0 Å². The number of methoxy groups -OCH3 is 1. The molecule has 3 amide bonds. The number of nitrogens with zero attached hydrogens (tertiary/aromatic N) is 1. The average molecular weight is 296 g/mol. The lowest BCUT2D eigenvalue weighted by molar-refractivity contribution is -0.120. The van der Waals surface area contributed by atoms with Crippen molar-refractivity contribution < 1.29 is 24.2 Å². The van der Waals surface area contributed by atoms with E-state index in [1.165, 1.54) is 25.4 Å². The maximum Gasteiger partial charge on any atom is 0.356 e. The fourth-order valence-electron chi connectivity index (χ4n) is 1.36. The number of hydrogen-bond acceptors (Lipinski definition) is 5. The summed E-state index contributed by atoms with van der Waals surface area (Å²) in [6.45, 7) is 0.470. The average Bonchev–Trinajstić information content (AvgIpc) is 2.46. The number of nitrogens with one attached hydrogen (secondary N) is 3. The Morgan fingerprint density at radius 1 is 1.33 bits per heavy atom. The van der Waals surface area contributed by atoms with Crippen LogP contribution in [0.2, 0.25) is 0 Å². The van der Waals surface area contributed by atoms with Crippen molar-refractivity contribution in [3.05, 3.63) is 24.0 Å². The Kier molecular flexibility index (Phi) is 6.61. The first-order chi connectivity index (χ1) is 10.0. The third-order valence-corrected chi connectivity index (χ3v) is 2.30. The van der Waals surface area contributed by atoms with E-state index in [4.69, 9.17) is 9.84 Å². The molecule has 0 saturated heterocycles. The standard InChI is InChI=1S/C12H16N4O5/c1-21-6-5-13-9(17)7-15-12(20)16-8-3-2-4-14-10(8)11(18)19/h2-4H,5-7H2,1H3,(H,13,17)(H,18,19)(H2,15,16,20). The number of rotatable bonds is 7. The first-order valence-electron chi connectivity index (χ1n) is 6.03. The van der Waals surface area contributed by atoms with E-state index in [9.17, 15) is 14.4 Å². The number of carboxylic acid groups (broad SMARTS) is 1. The van der Waals surface area contributed by atoms with Crippen LogP contribution in [0.15, 0.2) is 18.3 Å². The smallest absolute Gasteiger partial charge is 0.356 e. The van der Waals surface area contributed by atoms with Gasteiger partial charge in [0, 0.05) is 19.9 Å². The Labute approximate surface area is 120 Å². The summed E-state index contributed by atoms with van der Waals surface area (Å²) < 4.78 is 4.76. The van der Waals surface area contributed by atoms with Crippen LogP contribution < -0.4 is 16.0 Å². The predicted molar refractivity (Wildman–Crippen MR) is 73.1 cm³/mol. The molecule has 9 nitrogen and oxygen atoms in total. The number of anilines is 1. The van der Waals surface area contributed by atoms with Crippen molar-refractivity contribution in [3.8, 4) is 0 Å². The van der Waals surface area contributed by atoms with Crippen LogP contribution in [-0.2, 0) is 9.53 Å². The second-order valence-electron chi connectivity index (χ2n) is 3.86. The lowest BCUT2D eigenvalue weighted by atomic mass is 10.3.